The molecule has 10 heteroatoms. The van der Waals surface area contributed by atoms with Crippen molar-refractivity contribution >= 4 is 27.8 Å². The lowest BCUT2D eigenvalue weighted by Crippen LogP contribution is -2.41. The lowest BCUT2D eigenvalue weighted by molar-refractivity contribution is 0.0577. The van der Waals surface area contributed by atoms with Crippen LogP contribution in [0.2, 0.25) is 0 Å². The van der Waals surface area contributed by atoms with Gasteiger partial charge < -0.3 is 29.6 Å². The lowest BCUT2D eigenvalue weighted by atomic mass is 10.1. The van der Waals surface area contributed by atoms with E-state index < -0.39 is 5.60 Å². The Balaban J connectivity index is 1.24. The van der Waals surface area contributed by atoms with E-state index in [1.165, 1.54) is 12.8 Å². The first-order chi connectivity index (χ1) is 21.6. The second-order valence-corrected chi connectivity index (χ2v) is 14.0. The van der Waals surface area contributed by atoms with Gasteiger partial charge in [-0.15, -0.1) is 0 Å². The smallest absolute Gasteiger partial charge is 0.254 e. The van der Waals surface area contributed by atoms with Gasteiger partial charge in [-0.2, -0.15) is 5.10 Å². The number of nitrogens with two attached hydrogens (primary N) is 1. The highest BCUT2D eigenvalue weighted by Gasteiger charge is 2.47. The summed E-state index contributed by atoms with van der Waals surface area (Å²) >= 11 is 0. The molecule has 2 saturated carbocycles. The van der Waals surface area contributed by atoms with Gasteiger partial charge in [0.05, 0.1) is 42.2 Å². The van der Waals surface area contributed by atoms with Crippen LogP contribution in [0.5, 0.6) is 5.75 Å². The number of nitrogens with zero attached hydrogens (tertiary/aromatic N) is 6. The number of methoxy groups -OCH3 is 1. The second kappa shape index (κ2) is 10.2. The number of aryl methyl sites for hydroxylation is 1. The van der Waals surface area contributed by atoms with Gasteiger partial charge in [-0.3, -0.25) is 9.48 Å². The maximum atomic E-state index is 13.8. The number of aromatic nitrogens is 5. The minimum absolute atomic E-state index is 0.00248. The van der Waals surface area contributed by atoms with Crippen LogP contribution in [0.3, 0.4) is 0 Å². The van der Waals surface area contributed by atoms with Crippen LogP contribution >= 0.6 is 0 Å². The van der Waals surface area contributed by atoms with Gasteiger partial charge in [-0.1, -0.05) is 18.2 Å². The quantitative estimate of drug-likeness (QED) is 0.262. The van der Waals surface area contributed by atoms with Crippen molar-refractivity contribution in [1.29, 1.82) is 0 Å². The number of carbonyl (C=O) groups excluding carboxylic acids is 1. The molecule has 3 aliphatic rings. The zero-order valence-electron chi connectivity index (χ0n) is 26.4. The van der Waals surface area contributed by atoms with Crippen LogP contribution in [0.4, 0.5) is 0 Å². The molecular weight excluding hydrogens is 566 g/mol. The topological polar surface area (TPSA) is 116 Å². The Morgan fingerprint density at radius 3 is 2.64 bits per heavy atom. The highest BCUT2D eigenvalue weighted by molar-refractivity contribution is 6.01. The number of piperidine rings is 1. The molecule has 4 heterocycles. The summed E-state index contributed by atoms with van der Waals surface area (Å²) in [6, 6.07) is 12.6. The highest BCUT2D eigenvalue weighted by Crippen LogP contribution is 2.41. The Labute approximate surface area is 262 Å². The Morgan fingerprint density at radius 1 is 1.13 bits per heavy atom. The third-order valence-corrected chi connectivity index (χ3v) is 10.1. The molecule has 45 heavy (non-hydrogen) atoms. The van der Waals surface area contributed by atoms with Crippen molar-refractivity contribution < 1.29 is 14.6 Å². The normalized spacial score (nSPS) is 21.5. The van der Waals surface area contributed by atoms with E-state index in [4.69, 9.17) is 15.5 Å². The first-order valence-corrected chi connectivity index (χ1v) is 16.1. The zero-order valence-corrected chi connectivity index (χ0v) is 26.4. The fraction of sp³-hybridized carbons (Fsp3) is 0.457. The number of likely N-dealkylation sites (tertiary alicyclic amines) is 1. The summed E-state index contributed by atoms with van der Waals surface area (Å²) in [6.07, 6.45) is 8.40. The van der Waals surface area contributed by atoms with Gasteiger partial charge in [0.15, 0.2) is 5.82 Å². The van der Waals surface area contributed by atoms with E-state index in [-0.39, 0.29) is 18.0 Å². The fourth-order valence-corrected chi connectivity index (χ4v) is 7.74. The summed E-state index contributed by atoms with van der Waals surface area (Å²) in [4.78, 5) is 20.9. The van der Waals surface area contributed by atoms with E-state index in [9.17, 15) is 9.90 Å². The van der Waals surface area contributed by atoms with Gasteiger partial charge in [-0.25, -0.2) is 4.98 Å². The van der Waals surface area contributed by atoms with Crippen molar-refractivity contribution in [3.63, 3.8) is 0 Å². The van der Waals surface area contributed by atoms with Gasteiger partial charge in [-0.05, 0) is 69.6 Å². The standard InChI is InChI=1S/C35H41N7O3/c1-35(2,44)19-40-17-24(15-37-40)25-7-5-6-21-13-28(41(31(21)25)16-20-8-9-20)33-38-26-12-23(14-29(45-4)32(26)39(33)3)34(43)42-18-22-10-11-27(42)30(22)36/h5-7,12-15,17,20,22,27,30,44H,8-11,16,18-19,36H2,1-4H3/t22-,27-,30?/m1/s1. The van der Waals surface area contributed by atoms with Crippen molar-refractivity contribution in [2.45, 2.75) is 70.3 Å². The highest BCUT2D eigenvalue weighted by atomic mass is 16.5. The third kappa shape index (κ3) is 4.73. The van der Waals surface area contributed by atoms with Crippen molar-refractivity contribution in [3.8, 4) is 28.4 Å². The predicted molar refractivity (Wildman–Crippen MR) is 174 cm³/mol. The number of rotatable bonds is 8. The summed E-state index contributed by atoms with van der Waals surface area (Å²) in [5.41, 5.74) is 12.1. The molecule has 3 N–H and O–H groups in total. The minimum Gasteiger partial charge on any atom is -0.494 e. The lowest BCUT2D eigenvalue weighted by Gasteiger charge is -2.27. The molecule has 10 nitrogen and oxygen atoms in total. The molecule has 8 rings (SSSR count). The number of imidazole rings is 1. The van der Waals surface area contributed by atoms with Gasteiger partial charge in [0.1, 0.15) is 11.3 Å². The van der Waals surface area contributed by atoms with E-state index in [2.05, 4.69) is 38.5 Å². The summed E-state index contributed by atoms with van der Waals surface area (Å²) in [7, 11) is 3.67. The van der Waals surface area contributed by atoms with Crippen LogP contribution < -0.4 is 10.5 Å². The molecule has 1 unspecified atom stereocenters. The van der Waals surface area contributed by atoms with Crippen molar-refractivity contribution in [2.24, 2.45) is 24.6 Å². The number of benzene rings is 2. The van der Waals surface area contributed by atoms with Crippen LogP contribution in [-0.2, 0) is 20.1 Å². The number of ether oxygens (including phenoxy) is 1. The van der Waals surface area contributed by atoms with Crippen LogP contribution in [-0.4, -0.2) is 71.2 Å². The van der Waals surface area contributed by atoms with E-state index in [0.29, 0.717) is 29.7 Å². The maximum absolute atomic E-state index is 13.8. The first-order valence-electron chi connectivity index (χ1n) is 16.1. The number of fused-ring (bicyclic) bond motifs is 4. The molecule has 3 atom stereocenters. The summed E-state index contributed by atoms with van der Waals surface area (Å²) in [6.45, 7) is 5.61. The Bertz CT molecular complexity index is 1960. The number of carbonyl (C=O) groups is 1. The molecule has 1 amide bonds. The Kier molecular flexibility index (Phi) is 6.41. The molecule has 3 aromatic heterocycles. The molecular formula is C35H41N7O3. The average Bonchev–Trinajstić information content (AvgIpc) is 3.29. The van der Waals surface area contributed by atoms with Crippen LogP contribution in [0, 0.1) is 11.8 Å². The monoisotopic (exact) mass is 607 g/mol. The molecule has 2 bridgehead atoms. The number of para-hydroxylation sites is 1. The van der Waals surface area contributed by atoms with Gasteiger partial charge in [0, 0.05) is 60.5 Å². The third-order valence-electron chi connectivity index (χ3n) is 10.1. The predicted octanol–water partition coefficient (Wildman–Crippen LogP) is 4.81. The van der Waals surface area contributed by atoms with Gasteiger partial charge in [0.2, 0.25) is 0 Å². The van der Waals surface area contributed by atoms with E-state index in [1.807, 2.05) is 36.5 Å². The largest absolute Gasteiger partial charge is 0.494 e. The Morgan fingerprint density at radius 2 is 1.96 bits per heavy atom. The number of aliphatic hydroxyl groups is 1. The summed E-state index contributed by atoms with van der Waals surface area (Å²) in [5, 5.41) is 16.0. The fourth-order valence-electron chi connectivity index (χ4n) is 7.74. The maximum Gasteiger partial charge on any atom is 0.254 e. The molecule has 0 spiro atoms. The number of hydrogen-bond acceptors (Lipinski definition) is 6. The molecule has 5 aromatic rings. The average molecular weight is 608 g/mol. The number of hydrogen-bond donors (Lipinski definition) is 2. The molecule has 1 aliphatic heterocycles. The molecule has 0 radical (unpaired) electrons. The molecule has 2 aromatic carbocycles. The van der Waals surface area contributed by atoms with Crippen molar-refractivity contribution in [3.05, 3.63) is 54.4 Å². The summed E-state index contributed by atoms with van der Waals surface area (Å²) < 4.78 is 12.2. The zero-order chi connectivity index (χ0) is 31.2. The van der Waals surface area contributed by atoms with Crippen molar-refractivity contribution in [1.82, 2.24) is 28.8 Å². The SMILES string of the molecule is COc1cc(C(=O)N2C[C@H]3CC[C@@H]2C3N)cc2nc(-c3cc4cccc(-c5cnn(CC(C)(C)O)c5)c4n3CC3CC3)n(C)c12. The first kappa shape index (κ1) is 28.3. The molecule has 3 fully saturated rings. The number of amides is 1. The van der Waals surface area contributed by atoms with Crippen LogP contribution in [0.1, 0.15) is 49.9 Å². The molecule has 1 saturated heterocycles. The van der Waals surface area contributed by atoms with E-state index >= 15 is 0 Å². The van der Waals surface area contributed by atoms with E-state index in [1.54, 1.807) is 25.6 Å². The van der Waals surface area contributed by atoms with Crippen LogP contribution in [0.25, 0.3) is 44.6 Å². The molecule has 234 valence electrons. The minimum atomic E-state index is -0.860. The summed E-state index contributed by atoms with van der Waals surface area (Å²) in [5.74, 6) is 2.48. The van der Waals surface area contributed by atoms with Gasteiger partial charge in [0.25, 0.3) is 5.91 Å². The second-order valence-electron chi connectivity index (χ2n) is 14.0. The van der Waals surface area contributed by atoms with Gasteiger partial charge >= 0.3 is 0 Å². The molecule has 2 aliphatic carbocycles. The Hall–Kier alpha value is -4.15. The van der Waals surface area contributed by atoms with E-state index in [0.717, 1.165) is 70.5 Å². The van der Waals surface area contributed by atoms with Crippen molar-refractivity contribution in [2.75, 3.05) is 13.7 Å². The van der Waals surface area contributed by atoms with Crippen LogP contribution in [0.15, 0.2) is 48.8 Å².